The molecule has 24 heavy (non-hydrogen) atoms. The summed E-state index contributed by atoms with van der Waals surface area (Å²) >= 11 is 1.57. The van der Waals surface area contributed by atoms with Crippen molar-refractivity contribution >= 4 is 41.3 Å². The number of halogens is 1. The number of rotatable bonds is 7. The maximum atomic E-state index is 10.6. The molecule has 0 aliphatic carbocycles. The third kappa shape index (κ3) is 6.16. The number of hydrogen-bond acceptors (Lipinski definition) is 4. The van der Waals surface area contributed by atoms with E-state index in [1.54, 1.807) is 11.3 Å². The van der Waals surface area contributed by atoms with E-state index >= 15 is 0 Å². The van der Waals surface area contributed by atoms with Gasteiger partial charge in [0.05, 0.1) is 6.54 Å². The first-order valence-corrected chi connectivity index (χ1v) is 9.47. The Balaban J connectivity index is 0.00000288. The molecule has 1 aliphatic heterocycles. The lowest BCUT2D eigenvalue weighted by molar-refractivity contribution is 0.0711. The average Bonchev–Trinajstić information content (AvgIpc) is 3.20. The first kappa shape index (κ1) is 21.7. The molecule has 7 heteroatoms. The highest BCUT2D eigenvalue weighted by atomic mass is 127. The van der Waals surface area contributed by atoms with Crippen LogP contribution in [0.4, 0.5) is 0 Å². The molecular formula is C17H31IN4OS. The average molecular weight is 466 g/mol. The van der Waals surface area contributed by atoms with Gasteiger partial charge in [0.1, 0.15) is 5.60 Å². The molecule has 0 amide bonds. The van der Waals surface area contributed by atoms with Gasteiger partial charge in [-0.2, -0.15) is 0 Å². The van der Waals surface area contributed by atoms with E-state index in [-0.39, 0.29) is 24.0 Å². The highest BCUT2D eigenvalue weighted by molar-refractivity contribution is 14.0. The zero-order valence-electron chi connectivity index (χ0n) is 14.9. The molecule has 2 atom stereocenters. The molecule has 2 heterocycles. The molecule has 1 aromatic heterocycles. The van der Waals surface area contributed by atoms with E-state index in [1.165, 1.54) is 19.4 Å². The van der Waals surface area contributed by atoms with Gasteiger partial charge in [-0.05, 0) is 51.2 Å². The van der Waals surface area contributed by atoms with Crippen LogP contribution >= 0.6 is 35.3 Å². The quantitative estimate of drug-likeness (QED) is 0.329. The second-order valence-electron chi connectivity index (χ2n) is 6.25. The van der Waals surface area contributed by atoms with Crippen molar-refractivity contribution in [3.63, 3.8) is 0 Å². The van der Waals surface area contributed by atoms with Crippen LogP contribution in [0.15, 0.2) is 22.5 Å². The lowest BCUT2D eigenvalue weighted by Gasteiger charge is -2.24. The van der Waals surface area contributed by atoms with Gasteiger partial charge in [0.15, 0.2) is 5.96 Å². The molecule has 5 nitrogen and oxygen atoms in total. The zero-order valence-corrected chi connectivity index (χ0v) is 18.1. The summed E-state index contributed by atoms with van der Waals surface area (Å²) in [4.78, 5) is 8.05. The van der Waals surface area contributed by atoms with Gasteiger partial charge in [-0.1, -0.05) is 13.0 Å². The van der Waals surface area contributed by atoms with E-state index in [4.69, 9.17) is 0 Å². The molecule has 1 saturated heterocycles. The topological polar surface area (TPSA) is 59.9 Å². The molecule has 1 aromatic rings. The smallest absolute Gasteiger partial charge is 0.191 e. The normalized spacial score (nSPS) is 21.2. The van der Waals surface area contributed by atoms with Crippen molar-refractivity contribution in [3.8, 4) is 0 Å². The van der Waals surface area contributed by atoms with Gasteiger partial charge in [-0.3, -0.25) is 4.90 Å². The Labute approximate surface area is 167 Å². The Hall–Kier alpha value is -0.380. The highest BCUT2D eigenvalue weighted by Gasteiger charge is 2.25. The van der Waals surface area contributed by atoms with E-state index in [1.807, 2.05) is 24.4 Å². The third-order valence-corrected chi connectivity index (χ3v) is 5.47. The van der Waals surface area contributed by atoms with Crippen LogP contribution in [0.25, 0.3) is 0 Å². The maximum Gasteiger partial charge on any atom is 0.191 e. The highest BCUT2D eigenvalue weighted by Crippen LogP contribution is 2.25. The minimum absolute atomic E-state index is 0. The third-order valence-electron chi connectivity index (χ3n) is 4.35. The lowest BCUT2D eigenvalue weighted by atomic mass is 10.1. The second-order valence-corrected chi connectivity index (χ2v) is 7.20. The first-order valence-electron chi connectivity index (χ1n) is 8.59. The minimum atomic E-state index is -0.917. The van der Waals surface area contributed by atoms with Crippen molar-refractivity contribution in [1.29, 1.82) is 0 Å². The minimum Gasteiger partial charge on any atom is -0.383 e. The number of thiophene rings is 1. The number of hydrogen-bond donors (Lipinski definition) is 3. The largest absolute Gasteiger partial charge is 0.383 e. The molecule has 0 aromatic carbocycles. The van der Waals surface area contributed by atoms with Crippen molar-refractivity contribution in [2.24, 2.45) is 4.99 Å². The molecular weight excluding hydrogens is 435 g/mol. The fraction of sp³-hybridized carbons (Fsp3) is 0.706. The summed E-state index contributed by atoms with van der Waals surface area (Å²) in [5, 5.41) is 19.3. The summed E-state index contributed by atoms with van der Waals surface area (Å²) in [6.07, 6.45) is 2.52. The summed E-state index contributed by atoms with van der Waals surface area (Å²) in [7, 11) is 0. The SMILES string of the molecule is CCNC(=NCC(C)(O)c1cccs1)NCC1CCCN1CC.I. The number of likely N-dealkylation sites (N-methyl/N-ethyl adjacent to an activating group) is 1. The Morgan fingerprint density at radius 2 is 2.25 bits per heavy atom. The summed E-state index contributed by atoms with van der Waals surface area (Å²) in [6.45, 7) is 10.5. The summed E-state index contributed by atoms with van der Waals surface area (Å²) in [6, 6.07) is 4.50. The van der Waals surface area contributed by atoms with Crippen molar-refractivity contribution in [2.45, 2.75) is 45.3 Å². The molecule has 0 saturated carbocycles. The van der Waals surface area contributed by atoms with Gasteiger partial charge < -0.3 is 15.7 Å². The number of nitrogens with one attached hydrogen (secondary N) is 2. The molecule has 0 radical (unpaired) electrons. The monoisotopic (exact) mass is 466 g/mol. The molecule has 1 fully saturated rings. The molecule has 2 rings (SSSR count). The first-order chi connectivity index (χ1) is 11.1. The zero-order chi connectivity index (χ0) is 16.7. The lowest BCUT2D eigenvalue weighted by Crippen LogP contribution is -2.45. The predicted octanol–water partition coefficient (Wildman–Crippen LogP) is 2.61. The van der Waals surface area contributed by atoms with E-state index in [0.29, 0.717) is 12.6 Å². The van der Waals surface area contributed by atoms with Crippen LogP contribution in [0.2, 0.25) is 0 Å². The number of aliphatic hydroxyl groups is 1. The fourth-order valence-electron chi connectivity index (χ4n) is 2.99. The van der Waals surface area contributed by atoms with Gasteiger partial charge in [0.2, 0.25) is 0 Å². The van der Waals surface area contributed by atoms with Gasteiger partial charge in [0.25, 0.3) is 0 Å². The van der Waals surface area contributed by atoms with Crippen molar-refractivity contribution in [1.82, 2.24) is 15.5 Å². The van der Waals surface area contributed by atoms with Crippen LogP contribution in [0.1, 0.15) is 38.5 Å². The van der Waals surface area contributed by atoms with Crippen molar-refractivity contribution in [2.75, 3.05) is 32.7 Å². The number of aliphatic imine (C=N–C) groups is 1. The van der Waals surface area contributed by atoms with Gasteiger partial charge >= 0.3 is 0 Å². The molecule has 1 aliphatic rings. The molecule has 138 valence electrons. The van der Waals surface area contributed by atoms with Crippen LogP contribution in [0.5, 0.6) is 0 Å². The number of likely N-dealkylation sites (tertiary alicyclic amines) is 1. The Morgan fingerprint density at radius 1 is 1.46 bits per heavy atom. The van der Waals surface area contributed by atoms with Gasteiger partial charge in [-0.25, -0.2) is 4.99 Å². The van der Waals surface area contributed by atoms with Crippen LogP contribution in [-0.4, -0.2) is 54.7 Å². The molecule has 3 N–H and O–H groups in total. The van der Waals surface area contributed by atoms with E-state index in [0.717, 1.165) is 30.5 Å². The van der Waals surface area contributed by atoms with E-state index < -0.39 is 5.60 Å². The Kier molecular flexibility index (Phi) is 9.54. The molecule has 0 bridgehead atoms. The Morgan fingerprint density at radius 3 is 2.88 bits per heavy atom. The van der Waals surface area contributed by atoms with Crippen LogP contribution < -0.4 is 10.6 Å². The van der Waals surface area contributed by atoms with E-state index in [2.05, 4.69) is 34.4 Å². The fourth-order valence-corrected chi connectivity index (χ4v) is 3.77. The second kappa shape index (κ2) is 10.6. The molecule has 2 unspecified atom stereocenters. The van der Waals surface area contributed by atoms with Gasteiger partial charge in [-0.15, -0.1) is 35.3 Å². The van der Waals surface area contributed by atoms with Crippen LogP contribution in [0.3, 0.4) is 0 Å². The van der Waals surface area contributed by atoms with Crippen molar-refractivity contribution in [3.05, 3.63) is 22.4 Å². The number of guanidine groups is 1. The molecule has 0 spiro atoms. The Bertz CT molecular complexity index is 493. The summed E-state index contributed by atoms with van der Waals surface area (Å²) in [5.41, 5.74) is -0.917. The van der Waals surface area contributed by atoms with Crippen LogP contribution in [-0.2, 0) is 5.60 Å². The summed E-state index contributed by atoms with van der Waals surface area (Å²) in [5.74, 6) is 0.785. The standard InChI is InChI=1S/C17H30N4OS.HI/c1-4-18-16(19-12-14-8-6-10-21(14)5-2)20-13-17(3,22)15-9-7-11-23-15;/h7,9,11,14,22H,4-6,8,10,12-13H2,1-3H3,(H2,18,19,20);1H. The maximum absolute atomic E-state index is 10.6. The van der Waals surface area contributed by atoms with Gasteiger partial charge in [0, 0.05) is 24.0 Å². The van der Waals surface area contributed by atoms with Crippen LogP contribution in [0, 0.1) is 0 Å². The summed E-state index contributed by atoms with van der Waals surface area (Å²) < 4.78 is 0. The van der Waals surface area contributed by atoms with Crippen molar-refractivity contribution < 1.29 is 5.11 Å². The van der Waals surface area contributed by atoms with E-state index in [9.17, 15) is 5.11 Å². The predicted molar refractivity (Wildman–Crippen MR) is 114 cm³/mol. The number of nitrogens with zero attached hydrogens (tertiary/aromatic N) is 2.